The molecule has 0 fully saturated rings. The van der Waals surface area contributed by atoms with Crippen molar-refractivity contribution >= 4 is 27.7 Å². The maximum absolute atomic E-state index is 6.08. The van der Waals surface area contributed by atoms with E-state index in [4.69, 9.17) is 5.73 Å². The summed E-state index contributed by atoms with van der Waals surface area (Å²) in [5.41, 5.74) is 7.15. The summed E-state index contributed by atoms with van der Waals surface area (Å²) in [6, 6.07) is 0.0456. The summed E-state index contributed by atoms with van der Waals surface area (Å²) < 4.78 is 2.83. The zero-order valence-electron chi connectivity index (χ0n) is 8.70. The first kappa shape index (κ1) is 12.1. The zero-order valence-corrected chi connectivity index (χ0v) is 11.1. The minimum absolute atomic E-state index is 0.0456. The smallest absolute Gasteiger partial charge is 0.0698 e. The lowest BCUT2D eigenvalue weighted by atomic mass is 10.2. The lowest BCUT2D eigenvalue weighted by Gasteiger charge is -2.13. The molecule has 0 aliphatic carbocycles. The van der Waals surface area contributed by atoms with Crippen LogP contribution >= 0.6 is 27.7 Å². The summed E-state index contributed by atoms with van der Waals surface area (Å²) in [5, 5.41) is 4.76. The predicted molar refractivity (Wildman–Crippen MR) is 65.4 cm³/mol. The van der Waals surface area contributed by atoms with Gasteiger partial charge in [-0.15, -0.1) is 0 Å². The lowest BCUT2D eigenvalue weighted by Crippen LogP contribution is -2.18. The summed E-state index contributed by atoms with van der Waals surface area (Å²) in [6.45, 7) is 4.35. The Morgan fingerprint density at radius 2 is 2.29 bits per heavy atom. The van der Waals surface area contributed by atoms with E-state index in [0.717, 1.165) is 15.9 Å². The standard InChI is InChI=1S/C9H16BrN3S/c1-6(2)14-5-8(11)9-7(10)4-12-13(9)3/h4,6,8H,5,11H2,1-3H3. The Hall–Kier alpha value is 0. The Morgan fingerprint density at radius 3 is 2.71 bits per heavy atom. The first-order chi connectivity index (χ1) is 6.52. The van der Waals surface area contributed by atoms with Gasteiger partial charge in [0, 0.05) is 12.8 Å². The molecule has 1 unspecified atom stereocenters. The van der Waals surface area contributed by atoms with Crippen LogP contribution in [0.1, 0.15) is 25.6 Å². The number of halogens is 1. The molecule has 1 aromatic heterocycles. The van der Waals surface area contributed by atoms with Crippen LogP contribution < -0.4 is 5.73 Å². The van der Waals surface area contributed by atoms with E-state index in [9.17, 15) is 0 Å². The van der Waals surface area contributed by atoms with Crippen molar-refractivity contribution in [1.29, 1.82) is 0 Å². The fourth-order valence-electron chi connectivity index (χ4n) is 1.21. The topological polar surface area (TPSA) is 43.8 Å². The largest absolute Gasteiger partial charge is 0.322 e. The number of nitrogens with two attached hydrogens (primary N) is 1. The zero-order chi connectivity index (χ0) is 10.7. The number of hydrogen-bond donors (Lipinski definition) is 1. The van der Waals surface area contributed by atoms with Crippen molar-refractivity contribution in [2.75, 3.05) is 5.75 Å². The Morgan fingerprint density at radius 1 is 1.64 bits per heavy atom. The van der Waals surface area contributed by atoms with Crippen LogP contribution in [0, 0.1) is 0 Å². The van der Waals surface area contributed by atoms with E-state index < -0.39 is 0 Å². The average molecular weight is 278 g/mol. The molecule has 0 aliphatic heterocycles. The predicted octanol–water partition coefficient (Wildman–Crippen LogP) is 2.32. The first-order valence-corrected chi connectivity index (χ1v) is 6.41. The molecule has 1 heterocycles. The fraction of sp³-hybridized carbons (Fsp3) is 0.667. The second-order valence-electron chi connectivity index (χ2n) is 3.49. The average Bonchev–Trinajstić information content (AvgIpc) is 2.42. The third-order valence-corrected chi connectivity index (χ3v) is 3.73. The molecular formula is C9H16BrN3S. The van der Waals surface area contributed by atoms with Gasteiger partial charge in [-0.05, 0) is 21.2 Å². The van der Waals surface area contributed by atoms with Gasteiger partial charge in [0.05, 0.1) is 22.4 Å². The van der Waals surface area contributed by atoms with Crippen molar-refractivity contribution in [1.82, 2.24) is 9.78 Å². The van der Waals surface area contributed by atoms with Gasteiger partial charge in [0.1, 0.15) is 0 Å². The van der Waals surface area contributed by atoms with E-state index in [1.54, 1.807) is 6.20 Å². The third kappa shape index (κ3) is 3.00. The molecule has 0 aromatic carbocycles. The van der Waals surface area contributed by atoms with Crippen molar-refractivity contribution < 1.29 is 0 Å². The highest BCUT2D eigenvalue weighted by Gasteiger charge is 2.14. The van der Waals surface area contributed by atoms with Gasteiger partial charge in [-0.1, -0.05) is 13.8 Å². The highest BCUT2D eigenvalue weighted by atomic mass is 79.9. The van der Waals surface area contributed by atoms with Gasteiger partial charge in [0.25, 0.3) is 0 Å². The highest BCUT2D eigenvalue weighted by Crippen LogP contribution is 2.24. The van der Waals surface area contributed by atoms with Crippen LogP contribution in [0.15, 0.2) is 10.7 Å². The van der Waals surface area contributed by atoms with Crippen LogP contribution in [-0.2, 0) is 7.05 Å². The normalized spacial score (nSPS) is 13.6. The molecule has 0 radical (unpaired) electrons. The molecule has 0 saturated carbocycles. The van der Waals surface area contributed by atoms with Crippen molar-refractivity contribution in [3.8, 4) is 0 Å². The number of hydrogen-bond acceptors (Lipinski definition) is 3. The van der Waals surface area contributed by atoms with Crippen molar-refractivity contribution in [3.05, 3.63) is 16.4 Å². The SMILES string of the molecule is CC(C)SCC(N)c1c(Br)cnn1C. The van der Waals surface area contributed by atoms with Crippen LogP contribution in [0.25, 0.3) is 0 Å². The van der Waals surface area contributed by atoms with Gasteiger partial charge in [-0.25, -0.2) is 0 Å². The fourth-order valence-corrected chi connectivity index (χ4v) is 2.60. The van der Waals surface area contributed by atoms with Crippen LogP contribution in [0.5, 0.6) is 0 Å². The van der Waals surface area contributed by atoms with E-state index in [1.165, 1.54) is 0 Å². The van der Waals surface area contributed by atoms with E-state index >= 15 is 0 Å². The van der Waals surface area contributed by atoms with E-state index in [0.29, 0.717) is 5.25 Å². The third-order valence-electron chi connectivity index (χ3n) is 1.90. The highest BCUT2D eigenvalue weighted by molar-refractivity contribution is 9.10. The molecule has 80 valence electrons. The summed E-state index contributed by atoms with van der Waals surface area (Å²) in [5.74, 6) is 0.926. The number of nitrogens with zero attached hydrogens (tertiary/aromatic N) is 2. The molecule has 0 spiro atoms. The van der Waals surface area contributed by atoms with Crippen molar-refractivity contribution in [3.63, 3.8) is 0 Å². The molecule has 3 nitrogen and oxygen atoms in total. The maximum atomic E-state index is 6.08. The molecule has 1 aromatic rings. The van der Waals surface area contributed by atoms with Crippen LogP contribution in [0.2, 0.25) is 0 Å². The van der Waals surface area contributed by atoms with E-state index in [2.05, 4.69) is 34.9 Å². The molecule has 0 bridgehead atoms. The lowest BCUT2D eigenvalue weighted by molar-refractivity contribution is 0.657. The van der Waals surface area contributed by atoms with E-state index in [1.807, 2.05) is 23.5 Å². The second kappa shape index (κ2) is 5.19. The van der Waals surface area contributed by atoms with Crippen molar-refractivity contribution in [2.45, 2.75) is 25.1 Å². The Kier molecular flexibility index (Phi) is 4.47. The molecule has 2 N–H and O–H groups in total. The molecule has 0 aliphatic rings. The summed E-state index contributed by atoms with van der Waals surface area (Å²) in [7, 11) is 1.92. The van der Waals surface area contributed by atoms with Gasteiger partial charge in [-0.3, -0.25) is 4.68 Å². The monoisotopic (exact) mass is 277 g/mol. The molecule has 0 saturated heterocycles. The quantitative estimate of drug-likeness (QED) is 0.919. The molecule has 1 rings (SSSR count). The molecule has 5 heteroatoms. The molecular weight excluding hydrogens is 262 g/mol. The minimum atomic E-state index is 0.0456. The Balaban J connectivity index is 2.64. The number of rotatable bonds is 4. The summed E-state index contributed by atoms with van der Waals surface area (Å²) in [4.78, 5) is 0. The first-order valence-electron chi connectivity index (χ1n) is 4.57. The molecule has 14 heavy (non-hydrogen) atoms. The Bertz CT molecular complexity index is 279. The second-order valence-corrected chi connectivity index (χ2v) is 5.95. The van der Waals surface area contributed by atoms with Crippen LogP contribution in [0.3, 0.4) is 0 Å². The molecule has 1 atom stereocenters. The number of aryl methyl sites for hydroxylation is 1. The van der Waals surface area contributed by atoms with Gasteiger partial charge < -0.3 is 5.73 Å². The summed E-state index contributed by atoms with van der Waals surface area (Å²) in [6.07, 6.45) is 1.79. The van der Waals surface area contributed by atoms with Gasteiger partial charge in [0.15, 0.2) is 0 Å². The van der Waals surface area contributed by atoms with Crippen LogP contribution in [-0.4, -0.2) is 20.8 Å². The maximum Gasteiger partial charge on any atom is 0.0698 e. The van der Waals surface area contributed by atoms with Gasteiger partial charge >= 0.3 is 0 Å². The van der Waals surface area contributed by atoms with Crippen molar-refractivity contribution in [2.24, 2.45) is 12.8 Å². The summed E-state index contributed by atoms with van der Waals surface area (Å²) >= 11 is 5.32. The number of aromatic nitrogens is 2. The van der Waals surface area contributed by atoms with Gasteiger partial charge in [0.2, 0.25) is 0 Å². The van der Waals surface area contributed by atoms with Gasteiger partial charge in [-0.2, -0.15) is 16.9 Å². The number of thioether (sulfide) groups is 1. The molecule has 0 amide bonds. The van der Waals surface area contributed by atoms with E-state index in [-0.39, 0.29) is 6.04 Å². The minimum Gasteiger partial charge on any atom is -0.322 e. The van der Waals surface area contributed by atoms with Crippen LogP contribution in [0.4, 0.5) is 0 Å². The Labute approximate surface area is 97.6 Å².